The molecule has 1 saturated heterocycles. The van der Waals surface area contributed by atoms with Gasteiger partial charge in [-0.25, -0.2) is 0 Å². The second-order valence-electron chi connectivity index (χ2n) is 6.65. The fourth-order valence-corrected chi connectivity index (χ4v) is 3.79. The highest BCUT2D eigenvalue weighted by atomic mass is 32.1. The van der Waals surface area contributed by atoms with Crippen molar-refractivity contribution in [1.29, 1.82) is 0 Å². The SMILES string of the molecule is O=C(NC(Cc1ccccc1)C(=O)NCC1CCCNC1)c1cccs1. The average Bonchev–Trinajstić information content (AvgIpc) is 3.22. The second-order valence-corrected chi connectivity index (χ2v) is 7.60. The summed E-state index contributed by atoms with van der Waals surface area (Å²) >= 11 is 1.38. The van der Waals surface area contributed by atoms with E-state index < -0.39 is 6.04 Å². The Labute approximate surface area is 158 Å². The number of piperidine rings is 1. The van der Waals surface area contributed by atoms with Gasteiger partial charge in [0, 0.05) is 13.0 Å². The lowest BCUT2D eigenvalue weighted by atomic mass is 9.99. The Hall–Kier alpha value is -2.18. The highest BCUT2D eigenvalue weighted by Crippen LogP contribution is 2.11. The molecule has 138 valence electrons. The minimum absolute atomic E-state index is 0.121. The van der Waals surface area contributed by atoms with Gasteiger partial charge < -0.3 is 16.0 Å². The van der Waals surface area contributed by atoms with Crippen LogP contribution in [0, 0.1) is 5.92 Å². The van der Waals surface area contributed by atoms with Crippen LogP contribution in [0.2, 0.25) is 0 Å². The predicted octanol–water partition coefficient (Wildman–Crippen LogP) is 2.21. The van der Waals surface area contributed by atoms with E-state index in [0.717, 1.165) is 31.5 Å². The highest BCUT2D eigenvalue weighted by molar-refractivity contribution is 7.12. The summed E-state index contributed by atoms with van der Waals surface area (Å²) in [6, 6.07) is 12.8. The van der Waals surface area contributed by atoms with Gasteiger partial charge in [-0.2, -0.15) is 0 Å². The number of carbonyl (C=O) groups is 2. The lowest BCUT2D eigenvalue weighted by Crippen LogP contribution is -2.49. The first kappa shape index (κ1) is 18.6. The van der Waals surface area contributed by atoms with Crippen molar-refractivity contribution in [3.05, 3.63) is 58.3 Å². The van der Waals surface area contributed by atoms with Crippen LogP contribution in [0.15, 0.2) is 47.8 Å². The Bertz CT molecular complexity index is 697. The summed E-state index contributed by atoms with van der Waals surface area (Å²) in [7, 11) is 0. The topological polar surface area (TPSA) is 70.2 Å². The van der Waals surface area contributed by atoms with Gasteiger partial charge in [0.05, 0.1) is 4.88 Å². The Balaban J connectivity index is 1.62. The van der Waals surface area contributed by atoms with Crippen LogP contribution in [0.3, 0.4) is 0 Å². The Morgan fingerprint density at radius 2 is 2.04 bits per heavy atom. The molecule has 0 saturated carbocycles. The monoisotopic (exact) mass is 371 g/mol. The molecule has 1 aliphatic heterocycles. The minimum atomic E-state index is -0.580. The van der Waals surface area contributed by atoms with E-state index in [4.69, 9.17) is 0 Å². The van der Waals surface area contributed by atoms with Crippen molar-refractivity contribution in [3.63, 3.8) is 0 Å². The number of thiophene rings is 1. The number of benzene rings is 1. The standard InChI is InChI=1S/C20H25N3O2S/c24-19(22-14-16-8-4-10-21-13-16)17(12-15-6-2-1-3-7-15)23-20(25)18-9-5-11-26-18/h1-3,5-7,9,11,16-17,21H,4,8,10,12-14H2,(H,22,24)(H,23,25). The van der Waals surface area contributed by atoms with Crippen LogP contribution in [0.4, 0.5) is 0 Å². The van der Waals surface area contributed by atoms with Crippen molar-refractivity contribution in [2.45, 2.75) is 25.3 Å². The van der Waals surface area contributed by atoms with Gasteiger partial charge in [-0.3, -0.25) is 9.59 Å². The van der Waals surface area contributed by atoms with Gasteiger partial charge in [0.25, 0.3) is 5.91 Å². The number of hydrogen-bond donors (Lipinski definition) is 3. The predicted molar refractivity (Wildman–Crippen MR) is 104 cm³/mol. The lowest BCUT2D eigenvalue weighted by molar-refractivity contribution is -0.123. The van der Waals surface area contributed by atoms with E-state index in [1.54, 1.807) is 6.07 Å². The van der Waals surface area contributed by atoms with E-state index in [9.17, 15) is 9.59 Å². The van der Waals surface area contributed by atoms with Gasteiger partial charge >= 0.3 is 0 Å². The number of hydrogen-bond acceptors (Lipinski definition) is 4. The van der Waals surface area contributed by atoms with E-state index in [2.05, 4.69) is 16.0 Å². The Morgan fingerprint density at radius 3 is 2.73 bits per heavy atom. The third-order valence-corrected chi connectivity index (χ3v) is 5.48. The first-order valence-electron chi connectivity index (χ1n) is 9.09. The summed E-state index contributed by atoms with van der Waals surface area (Å²) in [5.41, 5.74) is 1.03. The van der Waals surface area contributed by atoms with Crippen LogP contribution in [-0.2, 0) is 11.2 Å². The van der Waals surface area contributed by atoms with E-state index in [1.807, 2.05) is 41.8 Å². The van der Waals surface area contributed by atoms with Crippen molar-refractivity contribution >= 4 is 23.2 Å². The molecule has 6 heteroatoms. The summed E-state index contributed by atoms with van der Waals surface area (Å²) in [6.45, 7) is 2.63. The first-order chi connectivity index (χ1) is 12.7. The third-order valence-electron chi connectivity index (χ3n) is 4.61. The molecule has 0 aliphatic carbocycles. The minimum Gasteiger partial charge on any atom is -0.354 e. The zero-order chi connectivity index (χ0) is 18.2. The van der Waals surface area contributed by atoms with Gasteiger partial charge in [0.15, 0.2) is 0 Å². The van der Waals surface area contributed by atoms with Gasteiger partial charge in [0.1, 0.15) is 6.04 Å². The maximum atomic E-state index is 12.8. The molecular weight excluding hydrogens is 346 g/mol. The molecule has 1 fully saturated rings. The molecule has 2 unspecified atom stereocenters. The van der Waals surface area contributed by atoms with Crippen LogP contribution in [-0.4, -0.2) is 37.5 Å². The molecule has 1 aliphatic rings. The van der Waals surface area contributed by atoms with E-state index in [1.165, 1.54) is 11.3 Å². The summed E-state index contributed by atoms with van der Waals surface area (Å²) in [6.07, 6.45) is 2.74. The summed E-state index contributed by atoms with van der Waals surface area (Å²) in [5, 5.41) is 11.1. The molecular formula is C20H25N3O2S. The maximum Gasteiger partial charge on any atom is 0.262 e. The smallest absolute Gasteiger partial charge is 0.262 e. The zero-order valence-electron chi connectivity index (χ0n) is 14.7. The van der Waals surface area contributed by atoms with Crippen LogP contribution in [0.1, 0.15) is 28.1 Å². The normalized spacial score (nSPS) is 18.1. The molecule has 2 heterocycles. The van der Waals surface area contributed by atoms with Gasteiger partial charge in [-0.05, 0) is 48.9 Å². The molecule has 3 N–H and O–H groups in total. The molecule has 26 heavy (non-hydrogen) atoms. The van der Waals surface area contributed by atoms with Gasteiger partial charge in [-0.15, -0.1) is 11.3 Å². The maximum absolute atomic E-state index is 12.8. The Kier molecular flexibility index (Phi) is 6.80. The highest BCUT2D eigenvalue weighted by Gasteiger charge is 2.23. The van der Waals surface area contributed by atoms with Crippen molar-refractivity contribution in [2.24, 2.45) is 5.92 Å². The molecule has 0 radical (unpaired) electrons. The second kappa shape index (κ2) is 9.50. The molecule has 2 amide bonds. The molecule has 3 rings (SSSR count). The fraction of sp³-hybridized carbons (Fsp3) is 0.400. The molecule has 0 bridgehead atoms. The Morgan fingerprint density at radius 1 is 1.19 bits per heavy atom. The fourth-order valence-electron chi connectivity index (χ4n) is 3.16. The van der Waals surface area contributed by atoms with E-state index in [-0.39, 0.29) is 11.8 Å². The molecule has 0 spiro atoms. The van der Waals surface area contributed by atoms with Crippen LogP contribution in [0.25, 0.3) is 0 Å². The molecule has 2 atom stereocenters. The quantitative estimate of drug-likeness (QED) is 0.699. The third kappa shape index (κ3) is 5.41. The largest absolute Gasteiger partial charge is 0.354 e. The van der Waals surface area contributed by atoms with E-state index in [0.29, 0.717) is 23.8 Å². The summed E-state index contributed by atoms with van der Waals surface area (Å²) in [4.78, 5) is 25.8. The van der Waals surface area contributed by atoms with Crippen LogP contribution in [0.5, 0.6) is 0 Å². The summed E-state index contributed by atoms with van der Waals surface area (Å²) in [5.74, 6) is 0.137. The number of amides is 2. The number of carbonyl (C=O) groups excluding carboxylic acids is 2. The zero-order valence-corrected chi connectivity index (χ0v) is 15.6. The van der Waals surface area contributed by atoms with E-state index >= 15 is 0 Å². The molecule has 1 aromatic heterocycles. The van der Waals surface area contributed by atoms with Crippen molar-refractivity contribution in [3.8, 4) is 0 Å². The molecule has 2 aromatic rings. The first-order valence-corrected chi connectivity index (χ1v) is 9.97. The van der Waals surface area contributed by atoms with Crippen LogP contribution < -0.4 is 16.0 Å². The lowest BCUT2D eigenvalue weighted by Gasteiger charge is -2.24. The average molecular weight is 372 g/mol. The van der Waals surface area contributed by atoms with Gasteiger partial charge in [0.2, 0.25) is 5.91 Å². The van der Waals surface area contributed by atoms with Crippen molar-refractivity contribution < 1.29 is 9.59 Å². The van der Waals surface area contributed by atoms with Gasteiger partial charge in [-0.1, -0.05) is 36.4 Å². The number of nitrogens with one attached hydrogen (secondary N) is 3. The van der Waals surface area contributed by atoms with Crippen LogP contribution >= 0.6 is 11.3 Å². The van der Waals surface area contributed by atoms with Crippen molar-refractivity contribution in [2.75, 3.05) is 19.6 Å². The van der Waals surface area contributed by atoms with Crippen molar-refractivity contribution in [1.82, 2.24) is 16.0 Å². The molecule has 5 nitrogen and oxygen atoms in total. The molecule has 1 aromatic carbocycles. The number of rotatable bonds is 7. The summed E-state index contributed by atoms with van der Waals surface area (Å²) < 4.78 is 0.